The molecule has 0 amide bonds. The molecule has 4 heteroatoms. The topological polar surface area (TPSA) is 46.2 Å². The number of benzene rings is 1. The van der Waals surface area contributed by atoms with E-state index in [1.807, 2.05) is 24.3 Å². The van der Waals surface area contributed by atoms with Crippen molar-refractivity contribution in [3.8, 4) is 0 Å². The van der Waals surface area contributed by atoms with E-state index in [0.717, 1.165) is 18.4 Å². The minimum Gasteiger partial charge on any atom is -0.391 e. The fourth-order valence-electron chi connectivity index (χ4n) is 1.99. The van der Waals surface area contributed by atoms with Crippen LogP contribution in [0.4, 0.5) is 0 Å². The van der Waals surface area contributed by atoms with Crippen molar-refractivity contribution in [2.24, 2.45) is 11.7 Å². The molecule has 16 heavy (non-hydrogen) atoms. The standard InChI is InChI=1S/C12H16ClNO.ClH/c13-10-6-2-5-9(7-10)11(14)12(15)8-3-1-4-8;/h2,5-8,11-12,15H,1,3-4,14H2;1H/t11-,12+;/m1./s1. The summed E-state index contributed by atoms with van der Waals surface area (Å²) in [6.07, 6.45) is 2.96. The summed E-state index contributed by atoms with van der Waals surface area (Å²) in [6, 6.07) is 7.11. The molecule has 0 bridgehead atoms. The minimum absolute atomic E-state index is 0. The molecule has 2 atom stereocenters. The molecule has 0 radical (unpaired) electrons. The van der Waals surface area contributed by atoms with Gasteiger partial charge in [0.2, 0.25) is 0 Å². The molecule has 1 saturated carbocycles. The molecule has 1 aromatic rings. The second-order valence-electron chi connectivity index (χ2n) is 4.26. The quantitative estimate of drug-likeness (QED) is 0.879. The SMILES string of the molecule is Cl.N[C@H](c1cccc(Cl)c1)[C@@H](O)C1CCC1. The predicted octanol–water partition coefficient (Wildman–Crippen LogP) is 2.92. The summed E-state index contributed by atoms with van der Waals surface area (Å²) in [6.45, 7) is 0. The van der Waals surface area contributed by atoms with Crippen molar-refractivity contribution in [3.05, 3.63) is 34.9 Å². The fourth-order valence-corrected chi connectivity index (χ4v) is 2.18. The lowest BCUT2D eigenvalue weighted by atomic mass is 9.77. The van der Waals surface area contributed by atoms with E-state index in [4.69, 9.17) is 17.3 Å². The van der Waals surface area contributed by atoms with Gasteiger partial charge in [0, 0.05) is 5.02 Å². The highest BCUT2D eigenvalue weighted by Crippen LogP contribution is 2.34. The van der Waals surface area contributed by atoms with Gasteiger partial charge in [-0.25, -0.2) is 0 Å². The van der Waals surface area contributed by atoms with Crippen LogP contribution in [-0.2, 0) is 0 Å². The second kappa shape index (κ2) is 5.87. The number of hydrogen-bond acceptors (Lipinski definition) is 2. The molecule has 0 spiro atoms. The number of halogens is 2. The summed E-state index contributed by atoms with van der Waals surface area (Å²) < 4.78 is 0. The van der Waals surface area contributed by atoms with Gasteiger partial charge in [0.1, 0.15) is 0 Å². The number of rotatable bonds is 3. The van der Waals surface area contributed by atoms with Crippen LogP contribution in [0, 0.1) is 5.92 Å². The van der Waals surface area contributed by atoms with Crippen LogP contribution in [0.3, 0.4) is 0 Å². The molecular weight excluding hydrogens is 245 g/mol. The first-order chi connectivity index (χ1) is 7.18. The molecule has 0 heterocycles. The van der Waals surface area contributed by atoms with Crippen LogP contribution in [0.25, 0.3) is 0 Å². The van der Waals surface area contributed by atoms with Gasteiger partial charge in [-0.2, -0.15) is 0 Å². The number of nitrogens with two attached hydrogens (primary N) is 1. The van der Waals surface area contributed by atoms with E-state index in [1.165, 1.54) is 6.42 Å². The molecular formula is C12H17Cl2NO. The molecule has 1 aromatic carbocycles. The van der Waals surface area contributed by atoms with Crippen LogP contribution >= 0.6 is 24.0 Å². The van der Waals surface area contributed by atoms with Crippen molar-refractivity contribution >= 4 is 24.0 Å². The highest BCUT2D eigenvalue weighted by Gasteiger charge is 2.30. The lowest BCUT2D eigenvalue weighted by molar-refractivity contribution is 0.0414. The van der Waals surface area contributed by atoms with E-state index in [2.05, 4.69) is 0 Å². The second-order valence-corrected chi connectivity index (χ2v) is 4.70. The molecule has 0 saturated heterocycles. The lowest BCUT2D eigenvalue weighted by Crippen LogP contribution is -2.36. The Morgan fingerprint density at radius 1 is 1.38 bits per heavy atom. The van der Waals surface area contributed by atoms with Gasteiger partial charge >= 0.3 is 0 Å². The maximum atomic E-state index is 10.0. The van der Waals surface area contributed by atoms with Crippen molar-refractivity contribution < 1.29 is 5.11 Å². The van der Waals surface area contributed by atoms with Crippen molar-refractivity contribution in [2.75, 3.05) is 0 Å². The summed E-state index contributed by atoms with van der Waals surface area (Å²) in [5.74, 6) is 0.374. The van der Waals surface area contributed by atoms with Gasteiger partial charge in [0.15, 0.2) is 0 Å². The number of aliphatic hydroxyl groups excluding tert-OH is 1. The molecule has 1 fully saturated rings. The zero-order valence-corrected chi connectivity index (χ0v) is 10.5. The van der Waals surface area contributed by atoms with Crippen LogP contribution in [0.1, 0.15) is 30.9 Å². The largest absolute Gasteiger partial charge is 0.391 e. The Kier molecular flexibility index (Phi) is 5.06. The summed E-state index contributed by atoms with van der Waals surface area (Å²) in [4.78, 5) is 0. The summed E-state index contributed by atoms with van der Waals surface area (Å²) in [5, 5.41) is 10.7. The van der Waals surface area contributed by atoms with Crippen LogP contribution < -0.4 is 5.73 Å². The van der Waals surface area contributed by atoms with Crippen molar-refractivity contribution in [1.82, 2.24) is 0 Å². The molecule has 0 aromatic heterocycles. The van der Waals surface area contributed by atoms with E-state index in [0.29, 0.717) is 10.9 Å². The van der Waals surface area contributed by atoms with E-state index in [1.54, 1.807) is 0 Å². The molecule has 3 N–H and O–H groups in total. The third kappa shape index (κ3) is 2.89. The Hall–Kier alpha value is -0.280. The summed E-state index contributed by atoms with van der Waals surface area (Å²) in [7, 11) is 0. The van der Waals surface area contributed by atoms with Crippen LogP contribution in [0.5, 0.6) is 0 Å². The normalized spacial score (nSPS) is 19.4. The van der Waals surface area contributed by atoms with Crippen molar-refractivity contribution in [3.63, 3.8) is 0 Å². The van der Waals surface area contributed by atoms with Gasteiger partial charge < -0.3 is 10.8 Å². The third-order valence-corrected chi connectivity index (χ3v) is 3.47. The highest BCUT2D eigenvalue weighted by molar-refractivity contribution is 6.30. The van der Waals surface area contributed by atoms with Crippen LogP contribution in [0.2, 0.25) is 5.02 Å². The predicted molar refractivity (Wildman–Crippen MR) is 69.0 cm³/mol. The molecule has 2 rings (SSSR count). The molecule has 90 valence electrons. The zero-order valence-electron chi connectivity index (χ0n) is 8.97. The van der Waals surface area contributed by atoms with E-state index < -0.39 is 6.10 Å². The van der Waals surface area contributed by atoms with Crippen molar-refractivity contribution in [1.29, 1.82) is 0 Å². The first-order valence-corrected chi connectivity index (χ1v) is 5.75. The zero-order chi connectivity index (χ0) is 10.8. The summed E-state index contributed by atoms with van der Waals surface area (Å²) >= 11 is 5.88. The molecule has 0 aliphatic heterocycles. The number of aliphatic hydroxyl groups is 1. The smallest absolute Gasteiger partial charge is 0.0760 e. The van der Waals surface area contributed by atoms with Gasteiger partial charge in [-0.05, 0) is 36.5 Å². The van der Waals surface area contributed by atoms with Gasteiger partial charge in [-0.1, -0.05) is 30.2 Å². The van der Waals surface area contributed by atoms with E-state index in [9.17, 15) is 5.11 Å². The van der Waals surface area contributed by atoms with Crippen LogP contribution in [0.15, 0.2) is 24.3 Å². The molecule has 2 nitrogen and oxygen atoms in total. The average molecular weight is 262 g/mol. The van der Waals surface area contributed by atoms with Gasteiger partial charge in [0.25, 0.3) is 0 Å². The Bertz CT molecular complexity index is 342. The Balaban J connectivity index is 0.00000128. The molecule has 0 unspecified atom stereocenters. The first kappa shape index (κ1) is 13.8. The lowest BCUT2D eigenvalue weighted by Gasteiger charge is -2.33. The van der Waals surface area contributed by atoms with Gasteiger partial charge in [0.05, 0.1) is 12.1 Å². The van der Waals surface area contributed by atoms with E-state index in [-0.39, 0.29) is 18.4 Å². The first-order valence-electron chi connectivity index (χ1n) is 5.37. The fraction of sp³-hybridized carbons (Fsp3) is 0.500. The van der Waals surface area contributed by atoms with Crippen molar-refractivity contribution in [2.45, 2.75) is 31.4 Å². The number of hydrogen-bond donors (Lipinski definition) is 2. The third-order valence-electron chi connectivity index (χ3n) is 3.23. The van der Waals surface area contributed by atoms with Gasteiger partial charge in [-0.3, -0.25) is 0 Å². The summed E-state index contributed by atoms with van der Waals surface area (Å²) in [5.41, 5.74) is 6.93. The molecule has 1 aliphatic carbocycles. The average Bonchev–Trinajstić information content (AvgIpc) is 2.14. The molecule has 1 aliphatic rings. The maximum absolute atomic E-state index is 10.0. The monoisotopic (exact) mass is 261 g/mol. The Labute approximate surface area is 107 Å². The Morgan fingerprint density at radius 3 is 2.56 bits per heavy atom. The van der Waals surface area contributed by atoms with E-state index >= 15 is 0 Å². The maximum Gasteiger partial charge on any atom is 0.0760 e. The highest BCUT2D eigenvalue weighted by atomic mass is 35.5. The Morgan fingerprint density at radius 2 is 2.06 bits per heavy atom. The van der Waals surface area contributed by atoms with Crippen LogP contribution in [-0.4, -0.2) is 11.2 Å². The van der Waals surface area contributed by atoms with Gasteiger partial charge in [-0.15, -0.1) is 12.4 Å². The minimum atomic E-state index is -0.433.